The monoisotopic (exact) mass is 355 g/mol. The Morgan fingerprint density at radius 3 is 2.52 bits per heavy atom. The molecule has 0 unspecified atom stereocenters. The molecule has 130 valence electrons. The van der Waals surface area contributed by atoms with Crippen LogP contribution in [0.4, 0.5) is 10.5 Å². The van der Waals surface area contributed by atoms with E-state index in [1.165, 1.54) is 0 Å². The van der Waals surface area contributed by atoms with Crippen molar-refractivity contribution < 1.29 is 9.59 Å². The molecule has 3 rings (SSSR count). The molecule has 0 atom stereocenters. The lowest BCUT2D eigenvalue weighted by molar-refractivity contribution is -0.117. The maximum Gasteiger partial charge on any atom is 0.321 e. The number of hydrogen-bond donors (Lipinski definition) is 2. The lowest BCUT2D eigenvalue weighted by atomic mass is 10.1. The van der Waals surface area contributed by atoms with Crippen LogP contribution in [0.25, 0.3) is 6.08 Å². The number of piperidine rings is 1. The number of urea groups is 1. The van der Waals surface area contributed by atoms with Crippen LogP contribution < -0.4 is 10.6 Å². The van der Waals surface area contributed by atoms with Gasteiger partial charge in [-0.25, -0.2) is 4.79 Å². The summed E-state index contributed by atoms with van der Waals surface area (Å²) in [5.41, 5.74) is 0.793. The lowest BCUT2D eigenvalue weighted by Crippen LogP contribution is -2.47. The number of nitrogens with one attached hydrogen (secondary N) is 2. The first kappa shape index (κ1) is 17.2. The van der Waals surface area contributed by atoms with Gasteiger partial charge < -0.3 is 15.5 Å². The van der Waals surface area contributed by atoms with Gasteiger partial charge in [-0.3, -0.25) is 4.79 Å². The van der Waals surface area contributed by atoms with Gasteiger partial charge in [0.15, 0.2) is 0 Å². The summed E-state index contributed by atoms with van der Waals surface area (Å²) < 4.78 is 0. The molecule has 0 aliphatic carbocycles. The zero-order valence-electron chi connectivity index (χ0n) is 13.9. The second-order valence-corrected chi connectivity index (χ2v) is 6.89. The van der Waals surface area contributed by atoms with Crippen molar-refractivity contribution in [3.05, 3.63) is 58.8 Å². The largest absolute Gasteiger partial charge is 0.350 e. The number of anilines is 1. The predicted molar refractivity (Wildman–Crippen MR) is 102 cm³/mol. The van der Waals surface area contributed by atoms with Gasteiger partial charge in [0, 0.05) is 35.8 Å². The van der Waals surface area contributed by atoms with Crippen LogP contribution in [0, 0.1) is 0 Å². The Morgan fingerprint density at radius 1 is 1.08 bits per heavy atom. The molecular weight excluding hydrogens is 334 g/mol. The average Bonchev–Trinajstić information content (AvgIpc) is 3.15. The van der Waals surface area contributed by atoms with Gasteiger partial charge in [0.2, 0.25) is 5.91 Å². The van der Waals surface area contributed by atoms with Crippen LogP contribution in [-0.2, 0) is 4.79 Å². The van der Waals surface area contributed by atoms with E-state index in [4.69, 9.17) is 0 Å². The Bertz CT molecular complexity index is 720. The highest BCUT2D eigenvalue weighted by atomic mass is 32.1. The van der Waals surface area contributed by atoms with E-state index >= 15 is 0 Å². The summed E-state index contributed by atoms with van der Waals surface area (Å²) in [6.07, 6.45) is 4.92. The fourth-order valence-electron chi connectivity index (χ4n) is 2.74. The number of nitrogens with zero attached hydrogens (tertiary/aromatic N) is 1. The Balaban J connectivity index is 1.42. The smallest absolute Gasteiger partial charge is 0.321 e. The summed E-state index contributed by atoms with van der Waals surface area (Å²) in [4.78, 5) is 27.1. The molecule has 3 amide bonds. The first-order chi connectivity index (χ1) is 12.2. The minimum absolute atomic E-state index is 0.0828. The topological polar surface area (TPSA) is 61.4 Å². The third-order valence-corrected chi connectivity index (χ3v) is 4.93. The number of hydrogen-bond acceptors (Lipinski definition) is 3. The molecular formula is C19H21N3O2S. The molecule has 6 heteroatoms. The van der Waals surface area contributed by atoms with Gasteiger partial charge in [-0.1, -0.05) is 24.3 Å². The summed E-state index contributed by atoms with van der Waals surface area (Å²) >= 11 is 1.60. The number of rotatable bonds is 4. The van der Waals surface area contributed by atoms with Crippen molar-refractivity contribution in [2.24, 2.45) is 0 Å². The number of benzene rings is 1. The number of para-hydroxylation sites is 1. The van der Waals surface area contributed by atoms with E-state index < -0.39 is 0 Å². The van der Waals surface area contributed by atoms with Gasteiger partial charge >= 0.3 is 6.03 Å². The predicted octanol–water partition coefficient (Wildman–Crippen LogP) is 3.57. The van der Waals surface area contributed by atoms with Crippen LogP contribution in [0.15, 0.2) is 53.9 Å². The Morgan fingerprint density at radius 2 is 1.84 bits per heavy atom. The molecule has 1 aliphatic rings. The van der Waals surface area contributed by atoms with E-state index in [-0.39, 0.29) is 18.0 Å². The summed E-state index contributed by atoms with van der Waals surface area (Å²) in [6.45, 7) is 1.27. The van der Waals surface area contributed by atoms with Crippen molar-refractivity contribution in [3.63, 3.8) is 0 Å². The summed E-state index contributed by atoms with van der Waals surface area (Å²) in [7, 11) is 0. The number of carbonyl (C=O) groups excluding carboxylic acids is 2. The van der Waals surface area contributed by atoms with E-state index in [0.29, 0.717) is 13.1 Å². The molecule has 1 fully saturated rings. The van der Waals surface area contributed by atoms with Crippen molar-refractivity contribution in [2.45, 2.75) is 18.9 Å². The number of likely N-dealkylation sites (tertiary alicyclic amines) is 1. The third-order valence-electron chi connectivity index (χ3n) is 4.10. The highest BCUT2D eigenvalue weighted by Gasteiger charge is 2.23. The van der Waals surface area contributed by atoms with Crippen LogP contribution >= 0.6 is 11.3 Å². The van der Waals surface area contributed by atoms with Crippen molar-refractivity contribution in [3.8, 4) is 0 Å². The summed E-state index contributed by atoms with van der Waals surface area (Å²) in [5.74, 6) is -0.0828. The SMILES string of the molecule is O=C(/C=C/c1cccs1)NC1CCN(C(=O)Nc2ccccc2)CC1. The van der Waals surface area contributed by atoms with Crippen LogP contribution in [0.1, 0.15) is 17.7 Å². The van der Waals surface area contributed by atoms with Crippen molar-refractivity contribution >= 4 is 35.0 Å². The molecule has 2 N–H and O–H groups in total. The standard InChI is InChI=1S/C19H21N3O2S/c23-18(9-8-17-7-4-14-25-17)20-16-10-12-22(13-11-16)19(24)21-15-5-2-1-3-6-15/h1-9,14,16H,10-13H2,(H,20,23)(H,21,24)/b9-8+. The minimum Gasteiger partial charge on any atom is -0.350 e. The second kappa shape index (κ2) is 8.48. The molecule has 1 aromatic carbocycles. The molecule has 2 heterocycles. The Hall–Kier alpha value is -2.60. The Kier molecular flexibility index (Phi) is 5.85. The van der Waals surface area contributed by atoms with Crippen LogP contribution in [-0.4, -0.2) is 36.0 Å². The first-order valence-corrected chi connectivity index (χ1v) is 9.22. The fraction of sp³-hybridized carbons (Fsp3) is 0.263. The van der Waals surface area contributed by atoms with E-state index in [2.05, 4.69) is 10.6 Å². The zero-order chi connectivity index (χ0) is 17.5. The quantitative estimate of drug-likeness (QED) is 0.824. The van der Waals surface area contributed by atoms with Crippen molar-refractivity contribution in [2.75, 3.05) is 18.4 Å². The Labute approximate surface area is 151 Å². The van der Waals surface area contributed by atoms with Gasteiger partial charge in [-0.05, 0) is 42.5 Å². The molecule has 25 heavy (non-hydrogen) atoms. The van der Waals surface area contributed by atoms with Crippen molar-refractivity contribution in [1.29, 1.82) is 0 Å². The molecule has 1 saturated heterocycles. The van der Waals surface area contributed by atoms with E-state index in [1.807, 2.05) is 53.9 Å². The highest BCUT2D eigenvalue weighted by Crippen LogP contribution is 2.14. The highest BCUT2D eigenvalue weighted by molar-refractivity contribution is 7.10. The molecule has 0 saturated carbocycles. The van der Waals surface area contributed by atoms with Gasteiger partial charge in [-0.2, -0.15) is 0 Å². The van der Waals surface area contributed by atoms with Gasteiger partial charge in [0.1, 0.15) is 0 Å². The molecule has 5 nitrogen and oxygen atoms in total. The normalized spacial score (nSPS) is 15.3. The molecule has 2 aromatic rings. The van der Waals surface area contributed by atoms with Gasteiger partial charge in [0.05, 0.1) is 0 Å². The van der Waals surface area contributed by atoms with Crippen LogP contribution in [0.2, 0.25) is 0 Å². The second-order valence-electron chi connectivity index (χ2n) is 5.91. The summed E-state index contributed by atoms with van der Waals surface area (Å²) in [6, 6.07) is 13.4. The molecule has 0 bridgehead atoms. The summed E-state index contributed by atoms with van der Waals surface area (Å²) in [5, 5.41) is 7.88. The lowest BCUT2D eigenvalue weighted by Gasteiger charge is -2.32. The van der Waals surface area contributed by atoms with Crippen LogP contribution in [0.5, 0.6) is 0 Å². The fourth-order valence-corrected chi connectivity index (χ4v) is 3.36. The van der Waals surface area contributed by atoms with E-state index in [1.54, 1.807) is 22.3 Å². The van der Waals surface area contributed by atoms with E-state index in [0.717, 1.165) is 23.4 Å². The first-order valence-electron chi connectivity index (χ1n) is 8.34. The third kappa shape index (κ3) is 5.19. The molecule has 1 aromatic heterocycles. The minimum atomic E-state index is -0.0893. The number of amides is 3. The van der Waals surface area contributed by atoms with Crippen molar-refractivity contribution in [1.82, 2.24) is 10.2 Å². The zero-order valence-corrected chi connectivity index (χ0v) is 14.7. The number of thiophene rings is 1. The van der Waals surface area contributed by atoms with E-state index in [9.17, 15) is 9.59 Å². The molecule has 1 aliphatic heterocycles. The van der Waals surface area contributed by atoms with Gasteiger partial charge in [0.25, 0.3) is 0 Å². The molecule has 0 radical (unpaired) electrons. The maximum absolute atomic E-state index is 12.2. The maximum atomic E-state index is 12.2. The molecule has 0 spiro atoms. The van der Waals surface area contributed by atoms with Gasteiger partial charge in [-0.15, -0.1) is 11.3 Å². The number of carbonyl (C=O) groups is 2. The average molecular weight is 355 g/mol. The van der Waals surface area contributed by atoms with Crippen LogP contribution in [0.3, 0.4) is 0 Å².